The van der Waals surface area contributed by atoms with Crippen molar-refractivity contribution in [2.24, 2.45) is 10.9 Å². The number of likely N-dealkylation sites (tertiary alicyclic amines) is 1. The van der Waals surface area contributed by atoms with Gasteiger partial charge in [0.05, 0.1) is 0 Å². The fourth-order valence-electron chi connectivity index (χ4n) is 3.51. The van der Waals surface area contributed by atoms with E-state index >= 15 is 0 Å². The lowest BCUT2D eigenvalue weighted by Crippen LogP contribution is -2.49. The van der Waals surface area contributed by atoms with Crippen LogP contribution in [0.15, 0.2) is 4.99 Å². The van der Waals surface area contributed by atoms with Gasteiger partial charge < -0.3 is 20.3 Å². The molecule has 134 valence electrons. The smallest absolute Gasteiger partial charge is 0.191 e. The summed E-state index contributed by atoms with van der Waals surface area (Å²) in [6.07, 6.45) is 7.51. The van der Waals surface area contributed by atoms with Gasteiger partial charge in [0.2, 0.25) is 0 Å². The van der Waals surface area contributed by atoms with Crippen molar-refractivity contribution < 1.29 is 4.74 Å². The molecule has 2 atom stereocenters. The molecule has 0 amide bonds. The Morgan fingerprint density at radius 3 is 2.65 bits per heavy atom. The fraction of sp³-hybridized carbons (Fsp3) is 0.944. The van der Waals surface area contributed by atoms with Crippen molar-refractivity contribution in [2.75, 3.05) is 39.9 Å². The van der Waals surface area contributed by atoms with Crippen molar-refractivity contribution in [1.82, 2.24) is 15.5 Å². The molecule has 0 aromatic rings. The van der Waals surface area contributed by atoms with Gasteiger partial charge in [-0.2, -0.15) is 0 Å². The lowest BCUT2D eigenvalue weighted by molar-refractivity contribution is 0.155. The maximum Gasteiger partial charge on any atom is 0.191 e. The molecule has 1 aliphatic carbocycles. The first-order valence-electron chi connectivity index (χ1n) is 9.55. The predicted molar refractivity (Wildman–Crippen MR) is 97.0 cm³/mol. The van der Waals surface area contributed by atoms with E-state index in [4.69, 9.17) is 4.74 Å². The summed E-state index contributed by atoms with van der Waals surface area (Å²) in [7, 11) is 1.78. The van der Waals surface area contributed by atoms with Gasteiger partial charge in [-0.15, -0.1) is 0 Å². The van der Waals surface area contributed by atoms with Crippen LogP contribution >= 0.6 is 0 Å². The number of nitrogens with zero attached hydrogens (tertiary/aromatic N) is 2. The SMILES string of the molecule is CCCC1CC1NC(=NCC)NC1CCN(CCCOC)CC1. The number of guanidine groups is 1. The number of aliphatic imine (C=N–C) groups is 1. The van der Waals surface area contributed by atoms with Crippen LogP contribution in [0.4, 0.5) is 0 Å². The molecule has 0 radical (unpaired) electrons. The lowest BCUT2D eigenvalue weighted by atomic mass is 10.1. The van der Waals surface area contributed by atoms with Gasteiger partial charge in [0, 0.05) is 52.0 Å². The van der Waals surface area contributed by atoms with E-state index in [0.717, 1.165) is 38.0 Å². The van der Waals surface area contributed by atoms with Crippen molar-refractivity contribution in [1.29, 1.82) is 0 Å². The quantitative estimate of drug-likeness (QED) is 0.388. The average Bonchev–Trinajstić information content (AvgIpc) is 3.27. The monoisotopic (exact) mass is 324 g/mol. The van der Waals surface area contributed by atoms with Crippen LogP contribution in [0.5, 0.6) is 0 Å². The van der Waals surface area contributed by atoms with Crippen LogP contribution in [0.25, 0.3) is 0 Å². The molecule has 23 heavy (non-hydrogen) atoms. The van der Waals surface area contributed by atoms with Gasteiger partial charge >= 0.3 is 0 Å². The van der Waals surface area contributed by atoms with Gasteiger partial charge in [0.15, 0.2) is 5.96 Å². The number of ether oxygens (including phenoxy) is 1. The normalized spacial score (nSPS) is 26.3. The van der Waals surface area contributed by atoms with Gasteiger partial charge in [0.25, 0.3) is 0 Å². The number of rotatable bonds is 9. The fourth-order valence-corrected chi connectivity index (χ4v) is 3.51. The van der Waals surface area contributed by atoms with Gasteiger partial charge in [-0.1, -0.05) is 13.3 Å². The molecule has 5 nitrogen and oxygen atoms in total. The van der Waals surface area contributed by atoms with E-state index in [1.54, 1.807) is 7.11 Å². The van der Waals surface area contributed by atoms with E-state index in [9.17, 15) is 0 Å². The molecule has 1 aliphatic heterocycles. The van der Waals surface area contributed by atoms with Crippen LogP contribution in [0, 0.1) is 5.92 Å². The van der Waals surface area contributed by atoms with Gasteiger partial charge in [-0.25, -0.2) is 0 Å². The predicted octanol–water partition coefficient (Wildman–Crippen LogP) is 2.23. The molecule has 1 saturated carbocycles. The summed E-state index contributed by atoms with van der Waals surface area (Å²) < 4.78 is 5.14. The molecule has 2 unspecified atom stereocenters. The van der Waals surface area contributed by atoms with Crippen LogP contribution in [0.2, 0.25) is 0 Å². The van der Waals surface area contributed by atoms with Gasteiger partial charge in [-0.05, 0) is 44.9 Å². The zero-order valence-corrected chi connectivity index (χ0v) is 15.3. The summed E-state index contributed by atoms with van der Waals surface area (Å²) in [5.41, 5.74) is 0. The number of hydrogen-bond donors (Lipinski definition) is 2. The number of piperidine rings is 1. The highest BCUT2D eigenvalue weighted by atomic mass is 16.5. The summed E-state index contributed by atoms with van der Waals surface area (Å²) in [5.74, 6) is 1.90. The first kappa shape index (κ1) is 18.5. The maximum atomic E-state index is 5.14. The standard InChI is InChI=1S/C18H36N4O/c1-4-7-15-14-17(15)21-18(19-5-2)20-16-8-11-22(12-9-16)10-6-13-23-3/h15-17H,4-14H2,1-3H3,(H2,19,20,21). The van der Waals surface area contributed by atoms with E-state index < -0.39 is 0 Å². The molecule has 0 bridgehead atoms. The number of methoxy groups -OCH3 is 1. The summed E-state index contributed by atoms with van der Waals surface area (Å²) in [6.45, 7) is 9.63. The molecule has 0 aromatic heterocycles. The highest BCUT2D eigenvalue weighted by Crippen LogP contribution is 2.34. The Balaban J connectivity index is 1.67. The van der Waals surface area contributed by atoms with Gasteiger partial charge in [0.1, 0.15) is 0 Å². The van der Waals surface area contributed by atoms with Crippen molar-refractivity contribution >= 4 is 5.96 Å². The minimum atomic E-state index is 0.565. The number of nitrogens with one attached hydrogen (secondary N) is 2. The molecule has 0 aromatic carbocycles. The molecule has 2 aliphatic rings. The molecule has 0 spiro atoms. The van der Waals surface area contributed by atoms with Crippen LogP contribution in [0.3, 0.4) is 0 Å². The Kier molecular flexibility index (Phi) is 8.17. The largest absolute Gasteiger partial charge is 0.385 e. The Hall–Kier alpha value is -0.810. The Morgan fingerprint density at radius 1 is 1.22 bits per heavy atom. The molecule has 1 saturated heterocycles. The average molecular weight is 325 g/mol. The van der Waals surface area contributed by atoms with E-state index in [1.165, 1.54) is 45.2 Å². The summed E-state index contributed by atoms with van der Waals surface area (Å²) in [5, 5.41) is 7.30. The van der Waals surface area contributed by atoms with E-state index in [-0.39, 0.29) is 0 Å². The summed E-state index contributed by atoms with van der Waals surface area (Å²) in [6, 6.07) is 1.22. The second kappa shape index (κ2) is 10.1. The highest BCUT2D eigenvalue weighted by Gasteiger charge is 2.36. The van der Waals surface area contributed by atoms with E-state index in [2.05, 4.69) is 34.4 Å². The van der Waals surface area contributed by atoms with Crippen LogP contribution < -0.4 is 10.6 Å². The molecular weight excluding hydrogens is 288 g/mol. The van der Waals surface area contributed by atoms with Crippen molar-refractivity contribution in [3.8, 4) is 0 Å². The third kappa shape index (κ3) is 6.68. The minimum Gasteiger partial charge on any atom is -0.385 e. The first-order valence-corrected chi connectivity index (χ1v) is 9.55. The summed E-state index contributed by atoms with van der Waals surface area (Å²) >= 11 is 0. The third-order valence-electron chi connectivity index (χ3n) is 4.97. The van der Waals surface area contributed by atoms with Crippen molar-refractivity contribution in [3.63, 3.8) is 0 Å². The van der Waals surface area contributed by atoms with Crippen LogP contribution in [-0.2, 0) is 4.74 Å². The first-order chi connectivity index (χ1) is 11.3. The third-order valence-corrected chi connectivity index (χ3v) is 4.97. The van der Waals surface area contributed by atoms with E-state index in [1.807, 2.05) is 0 Å². The molecule has 2 fully saturated rings. The van der Waals surface area contributed by atoms with Crippen molar-refractivity contribution in [2.45, 2.75) is 64.5 Å². The second-order valence-corrected chi connectivity index (χ2v) is 6.96. The second-order valence-electron chi connectivity index (χ2n) is 6.96. The Labute approximate surface area is 142 Å². The van der Waals surface area contributed by atoms with Crippen LogP contribution in [-0.4, -0.2) is 62.8 Å². The van der Waals surface area contributed by atoms with E-state index in [0.29, 0.717) is 12.1 Å². The van der Waals surface area contributed by atoms with Crippen LogP contribution in [0.1, 0.15) is 52.4 Å². The highest BCUT2D eigenvalue weighted by molar-refractivity contribution is 5.80. The topological polar surface area (TPSA) is 48.9 Å². The maximum absolute atomic E-state index is 5.14. The molecule has 2 rings (SSSR count). The minimum absolute atomic E-state index is 0.565. The molecule has 1 heterocycles. The number of hydrogen-bond acceptors (Lipinski definition) is 3. The van der Waals surface area contributed by atoms with Gasteiger partial charge in [-0.3, -0.25) is 4.99 Å². The summed E-state index contributed by atoms with van der Waals surface area (Å²) in [4.78, 5) is 7.19. The zero-order valence-electron chi connectivity index (χ0n) is 15.3. The Bertz CT molecular complexity index is 353. The molecule has 2 N–H and O–H groups in total. The zero-order chi connectivity index (χ0) is 16.5. The lowest BCUT2D eigenvalue weighted by Gasteiger charge is -2.33. The molecular formula is C18H36N4O. The Morgan fingerprint density at radius 2 is 2.00 bits per heavy atom. The van der Waals surface area contributed by atoms with Crippen molar-refractivity contribution in [3.05, 3.63) is 0 Å². The molecule has 5 heteroatoms.